The number of benzene rings is 2. The third-order valence-corrected chi connectivity index (χ3v) is 3.43. The molecule has 0 amide bonds. The van der Waals surface area contributed by atoms with Crippen LogP contribution < -0.4 is 5.56 Å². The van der Waals surface area contributed by atoms with Gasteiger partial charge in [-0.05, 0) is 36.9 Å². The second-order valence-corrected chi connectivity index (χ2v) is 4.92. The van der Waals surface area contributed by atoms with Crippen molar-refractivity contribution in [3.8, 4) is 11.3 Å². The van der Waals surface area contributed by atoms with Gasteiger partial charge in [0.25, 0.3) is 5.56 Å². The molecule has 0 saturated carbocycles. The maximum absolute atomic E-state index is 12.1. The molecule has 1 aromatic heterocycles. The molecule has 0 radical (unpaired) electrons. The van der Waals surface area contributed by atoms with Crippen LogP contribution in [-0.4, -0.2) is 4.98 Å². The largest absolute Gasteiger partial charge is 0.321 e. The summed E-state index contributed by atoms with van der Waals surface area (Å²) in [5, 5.41) is 1.73. The Morgan fingerprint density at radius 3 is 2.53 bits per heavy atom. The number of hydrogen-bond acceptors (Lipinski definition) is 1. The van der Waals surface area contributed by atoms with Gasteiger partial charge in [-0.15, -0.1) is 0 Å². The van der Waals surface area contributed by atoms with Crippen molar-refractivity contribution >= 4 is 10.8 Å². The van der Waals surface area contributed by atoms with Crippen LogP contribution >= 0.6 is 0 Å². The van der Waals surface area contributed by atoms with E-state index in [1.54, 1.807) is 0 Å². The Morgan fingerprint density at radius 1 is 0.947 bits per heavy atom. The van der Waals surface area contributed by atoms with Crippen molar-refractivity contribution in [3.05, 3.63) is 70.0 Å². The molecule has 2 aromatic carbocycles. The van der Waals surface area contributed by atoms with Gasteiger partial charge in [0, 0.05) is 16.6 Å². The zero-order valence-corrected chi connectivity index (χ0v) is 11.0. The van der Waals surface area contributed by atoms with E-state index in [0.717, 1.165) is 33.2 Å². The summed E-state index contributed by atoms with van der Waals surface area (Å²) in [6, 6.07) is 16.0. The Morgan fingerprint density at radius 2 is 1.74 bits per heavy atom. The van der Waals surface area contributed by atoms with Gasteiger partial charge in [-0.2, -0.15) is 0 Å². The summed E-state index contributed by atoms with van der Waals surface area (Å²) in [5.74, 6) is 0. The molecule has 1 heterocycles. The van der Waals surface area contributed by atoms with Gasteiger partial charge in [0.1, 0.15) is 0 Å². The average molecular weight is 249 g/mol. The normalized spacial score (nSPS) is 10.8. The minimum atomic E-state index is -0.0317. The van der Waals surface area contributed by atoms with Crippen LogP contribution in [0.15, 0.2) is 53.3 Å². The van der Waals surface area contributed by atoms with Crippen molar-refractivity contribution in [3.63, 3.8) is 0 Å². The van der Waals surface area contributed by atoms with Gasteiger partial charge in [0.05, 0.1) is 0 Å². The first-order valence-electron chi connectivity index (χ1n) is 6.35. The molecule has 0 saturated heterocycles. The second kappa shape index (κ2) is 4.39. The number of H-pyrrole nitrogens is 1. The third kappa shape index (κ3) is 2.06. The van der Waals surface area contributed by atoms with Gasteiger partial charge in [0.2, 0.25) is 0 Å². The summed E-state index contributed by atoms with van der Waals surface area (Å²) in [6.07, 6.45) is 0. The summed E-state index contributed by atoms with van der Waals surface area (Å²) in [6.45, 7) is 4.09. The zero-order chi connectivity index (χ0) is 13.4. The Kier molecular flexibility index (Phi) is 2.71. The summed E-state index contributed by atoms with van der Waals surface area (Å²) in [7, 11) is 0. The van der Waals surface area contributed by atoms with E-state index in [-0.39, 0.29) is 5.56 Å². The summed E-state index contributed by atoms with van der Waals surface area (Å²) in [4.78, 5) is 15.1. The quantitative estimate of drug-likeness (QED) is 0.699. The van der Waals surface area contributed by atoms with E-state index < -0.39 is 0 Å². The lowest BCUT2D eigenvalue weighted by Gasteiger charge is -2.07. The number of aromatic nitrogens is 1. The van der Waals surface area contributed by atoms with E-state index in [0.29, 0.717) is 0 Å². The Hall–Kier alpha value is -2.35. The molecule has 0 aliphatic heterocycles. The van der Waals surface area contributed by atoms with Crippen molar-refractivity contribution in [2.24, 2.45) is 0 Å². The lowest BCUT2D eigenvalue weighted by Crippen LogP contribution is -2.07. The molecule has 0 aliphatic carbocycles. The summed E-state index contributed by atoms with van der Waals surface area (Å²) in [5.41, 5.74) is 4.24. The minimum Gasteiger partial charge on any atom is -0.321 e. The van der Waals surface area contributed by atoms with Gasteiger partial charge >= 0.3 is 0 Å². The predicted octanol–water partition coefficient (Wildman–Crippen LogP) is 3.81. The number of rotatable bonds is 1. The lowest BCUT2D eigenvalue weighted by molar-refractivity contribution is 1.26. The zero-order valence-electron chi connectivity index (χ0n) is 11.0. The van der Waals surface area contributed by atoms with E-state index in [9.17, 15) is 4.79 Å². The van der Waals surface area contributed by atoms with E-state index >= 15 is 0 Å². The van der Waals surface area contributed by atoms with Gasteiger partial charge in [-0.1, -0.05) is 42.0 Å². The highest BCUT2D eigenvalue weighted by molar-refractivity contribution is 5.86. The maximum atomic E-state index is 12.1. The molecule has 1 N–H and O–H groups in total. The molecule has 94 valence electrons. The highest BCUT2D eigenvalue weighted by Gasteiger charge is 2.06. The Bertz CT molecular complexity index is 815. The molecule has 0 spiro atoms. The lowest BCUT2D eigenvalue weighted by atomic mass is 10.0. The Balaban J connectivity index is 2.32. The smallest absolute Gasteiger partial charge is 0.256 e. The number of pyridine rings is 1. The van der Waals surface area contributed by atoms with Crippen molar-refractivity contribution in [1.29, 1.82) is 0 Å². The van der Waals surface area contributed by atoms with Crippen molar-refractivity contribution < 1.29 is 0 Å². The standard InChI is InChI=1S/C17H15NO/c1-11-7-8-15-13(9-11)10-16(18-17(15)19)14-6-4-3-5-12(14)2/h3-10H,1-2H3,(H,18,19). The van der Waals surface area contributed by atoms with E-state index in [2.05, 4.69) is 4.98 Å². The maximum Gasteiger partial charge on any atom is 0.256 e. The number of nitrogens with one attached hydrogen (secondary N) is 1. The van der Waals surface area contributed by atoms with E-state index in [1.807, 2.05) is 62.4 Å². The monoisotopic (exact) mass is 249 g/mol. The van der Waals surface area contributed by atoms with Crippen LogP contribution in [0.25, 0.3) is 22.0 Å². The van der Waals surface area contributed by atoms with Crippen LogP contribution in [0.2, 0.25) is 0 Å². The van der Waals surface area contributed by atoms with Crippen LogP contribution in [0.1, 0.15) is 11.1 Å². The summed E-state index contributed by atoms with van der Waals surface area (Å²) < 4.78 is 0. The van der Waals surface area contributed by atoms with Gasteiger partial charge in [0.15, 0.2) is 0 Å². The molecule has 3 aromatic rings. The second-order valence-electron chi connectivity index (χ2n) is 4.92. The molecule has 2 nitrogen and oxygen atoms in total. The van der Waals surface area contributed by atoms with Gasteiger partial charge in [-0.25, -0.2) is 0 Å². The third-order valence-electron chi connectivity index (χ3n) is 3.43. The highest BCUT2D eigenvalue weighted by atomic mass is 16.1. The van der Waals surface area contributed by atoms with Crippen LogP contribution in [0.4, 0.5) is 0 Å². The van der Waals surface area contributed by atoms with Gasteiger partial charge < -0.3 is 4.98 Å². The van der Waals surface area contributed by atoms with Crippen molar-refractivity contribution in [1.82, 2.24) is 4.98 Å². The van der Waals surface area contributed by atoms with Crippen LogP contribution in [0.5, 0.6) is 0 Å². The van der Waals surface area contributed by atoms with E-state index in [4.69, 9.17) is 0 Å². The fourth-order valence-electron chi connectivity index (χ4n) is 2.41. The first-order chi connectivity index (χ1) is 9.15. The SMILES string of the molecule is Cc1ccc2c(=O)[nH]c(-c3ccccc3C)cc2c1. The minimum absolute atomic E-state index is 0.0317. The van der Waals surface area contributed by atoms with E-state index in [1.165, 1.54) is 0 Å². The van der Waals surface area contributed by atoms with Crippen LogP contribution in [0, 0.1) is 13.8 Å². The van der Waals surface area contributed by atoms with Gasteiger partial charge in [-0.3, -0.25) is 4.79 Å². The molecule has 19 heavy (non-hydrogen) atoms. The Labute approximate surface area is 111 Å². The molecular formula is C17H15NO. The fourth-order valence-corrected chi connectivity index (χ4v) is 2.41. The molecule has 0 aliphatic rings. The number of fused-ring (bicyclic) bond motifs is 1. The molecule has 3 rings (SSSR count). The van der Waals surface area contributed by atoms with Crippen molar-refractivity contribution in [2.75, 3.05) is 0 Å². The molecule has 0 fully saturated rings. The molecule has 0 atom stereocenters. The number of hydrogen-bond donors (Lipinski definition) is 1. The fraction of sp³-hybridized carbons (Fsp3) is 0.118. The first kappa shape index (κ1) is 11.7. The molecule has 2 heteroatoms. The van der Waals surface area contributed by atoms with Crippen LogP contribution in [0.3, 0.4) is 0 Å². The summed E-state index contributed by atoms with van der Waals surface area (Å²) >= 11 is 0. The molecule has 0 unspecified atom stereocenters. The highest BCUT2D eigenvalue weighted by Crippen LogP contribution is 2.23. The van der Waals surface area contributed by atoms with Crippen LogP contribution in [-0.2, 0) is 0 Å². The van der Waals surface area contributed by atoms with Crippen molar-refractivity contribution in [2.45, 2.75) is 13.8 Å². The first-order valence-corrected chi connectivity index (χ1v) is 6.35. The predicted molar refractivity (Wildman–Crippen MR) is 79.5 cm³/mol. The number of aromatic amines is 1. The molecular weight excluding hydrogens is 234 g/mol. The topological polar surface area (TPSA) is 32.9 Å². The molecule has 0 bridgehead atoms. The number of aryl methyl sites for hydroxylation is 2. The average Bonchev–Trinajstić information content (AvgIpc) is 2.38.